The van der Waals surface area contributed by atoms with Crippen molar-refractivity contribution in [3.63, 3.8) is 0 Å². The number of carbonyl (C=O) groups excluding carboxylic acids is 1. The maximum Gasteiger partial charge on any atom is 0.235 e. The summed E-state index contributed by atoms with van der Waals surface area (Å²) in [4.78, 5) is 22.8. The van der Waals surface area contributed by atoms with Crippen LogP contribution in [-0.4, -0.2) is 49.1 Å². The summed E-state index contributed by atoms with van der Waals surface area (Å²) in [7, 11) is 3.10. The third kappa shape index (κ3) is 4.18. The van der Waals surface area contributed by atoms with Crippen LogP contribution in [0.5, 0.6) is 17.4 Å². The van der Waals surface area contributed by atoms with E-state index in [9.17, 15) is 9.18 Å². The number of hydrogen-bond acceptors (Lipinski definition) is 7. The fourth-order valence-electron chi connectivity index (χ4n) is 3.75. The van der Waals surface area contributed by atoms with Crippen molar-refractivity contribution in [2.45, 2.75) is 25.8 Å². The van der Waals surface area contributed by atoms with E-state index in [2.05, 4.69) is 9.98 Å². The van der Waals surface area contributed by atoms with E-state index in [1.807, 2.05) is 13.8 Å². The van der Waals surface area contributed by atoms with Crippen LogP contribution in [0, 0.1) is 11.7 Å². The van der Waals surface area contributed by atoms with E-state index in [0.29, 0.717) is 30.4 Å². The Balaban J connectivity index is 0.00000132. The minimum atomic E-state index is -1.24. The number of carbonyl (C=O) groups is 1. The number of rotatable bonds is 4. The van der Waals surface area contributed by atoms with Crippen molar-refractivity contribution in [2.24, 2.45) is 16.6 Å². The average Bonchev–Trinajstić information content (AvgIpc) is 2.80. The summed E-state index contributed by atoms with van der Waals surface area (Å²) < 4.78 is 31.5. The van der Waals surface area contributed by atoms with Crippen LogP contribution >= 0.6 is 0 Å². The molecule has 31 heavy (non-hydrogen) atoms. The van der Waals surface area contributed by atoms with Gasteiger partial charge in [-0.15, -0.1) is 0 Å². The topological polar surface area (TPSA) is 99.3 Å². The van der Waals surface area contributed by atoms with Gasteiger partial charge in [0.1, 0.15) is 22.9 Å². The Morgan fingerprint density at radius 1 is 1.26 bits per heavy atom. The number of guanidine groups is 1. The number of methoxy groups -OCH3 is 1. The summed E-state index contributed by atoms with van der Waals surface area (Å²) in [5, 5.41) is 0. The number of amides is 1. The van der Waals surface area contributed by atoms with Gasteiger partial charge in [-0.25, -0.2) is 14.4 Å². The number of hydrogen-bond donors (Lipinski definition) is 1. The number of nitrogens with two attached hydrogens (primary N) is 1. The molecule has 1 aromatic heterocycles. The van der Waals surface area contributed by atoms with E-state index in [-0.39, 0.29) is 24.0 Å². The Hall–Kier alpha value is -3.20. The van der Waals surface area contributed by atoms with Crippen molar-refractivity contribution in [1.29, 1.82) is 0 Å². The molecule has 2 aliphatic rings. The lowest BCUT2D eigenvalue weighted by Crippen LogP contribution is -2.58. The van der Waals surface area contributed by atoms with Gasteiger partial charge in [-0.1, -0.05) is 13.8 Å². The van der Waals surface area contributed by atoms with E-state index < -0.39 is 17.3 Å². The molecule has 166 valence electrons. The Morgan fingerprint density at radius 2 is 2.03 bits per heavy atom. The smallest absolute Gasteiger partial charge is 0.235 e. The van der Waals surface area contributed by atoms with E-state index in [4.69, 9.17) is 19.9 Å². The molecule has 3 heterocycles. The summed E-state index contributed by atoms with van der Waals surface area (Å²) in [6.45, 7) is 4.45. The maximum absolute atomic E-state index is 14.9. The minimum absolute atomic E-state index is 0.0249. The lowest BCUT2D eigenvalue weighted by Gasteiger charge is -2.45. The van der Waals surface area contributed by atoms with Crippen LogP contribution < -0.4 is 15.2 Å². The first kappa shape index (κ1) is 22.5. The van der Waals surface area contributed by atoms with E-state index >= 15 is 0 Å². The highest BCUT2D eigenvalue weighted by Gasteiger charge is 2.52. The average molecular weight is 430 g/mol. The van der Waals surface area contributed by atoms with Crippen LogP contribution in [0.2, 0.25) is 0 Å². The number of halogens is 1. The van der Waals surface area contributed by atoms with Crippen LogP contribution in [0.3, 0.4) is 0 Å². The largest absolute Gasteiger partial charge is 0.497 e. The van der Waals surface area contributed by atoms with Gasteiger partial charge in [0.25, 0.3) is 0 Å². The lowest BCUT2D eigenvalue weighted by atomic mass is 9.74. The number of ether oxygens (including phenoxy) is 3. The summed E-state index contributed by atoms with van der Waals surface area (Å²) in [5.41, 5.74) is 4.93. The molecule has 0 aliphatic carbocycles. The molecule has 2 N–H and O–H groups in total. The predicted octanol–water partition coefficient (Wildman–Crippen LogP) is 3.07. The minimum Gasteiger partial charge on any atom is -0.497 e. The molecular weight excluding hydrogens is 403 g/mol. The summed E-state index contributed by atoms with van der Waals surface area (Å²) >= 11 is 0. The van der Waals surface area contributed by atoms with Crippen molar-refractivity contribution >= 4 is 11.9 Å². The molecule has 1 fully saturated rings. The summed E-state index contributed by atoms with van der Waals surface area (Å²) in [5.74, 6) is -0.0548. The molecule has 2 aromatic rings. The van der Waals surface area contributed by atoms with Gasteiger partial charge in [0.2, 0.25) is 11.8 Å². The first-order valence-electron chi connectivity index (χ1n) is 10.1. The maximum atomic E-state index is 14.9. The molecule has 8 nitrogen and oxygen atoms in total. The van der Waals surface area contributed by atoms with E-state index in [1.165, 1.54) is 30.2 Å². The number of nitrogens with zero attached hydrogens (tertiary/aromatic N) is 3. The van der Waals surface area contributed by atoms with Gasteiger partial charge >= 0.3 is 0 Å². The molecule has 4 rings (SSSR count). The Labute approximate surface area is 180 Å². The lowest BCUT2D eigenvalue weighted by molar-refractivity contribution is -0.140. The van der Waals surface area contributed by atoms with Crippen molar-refractivity contribution in [2.75, 3.05) is 27.4 Å². The van der Waals surface area contributed by atoms with Gasteiger partial charge < -0.3 is 19.9 Å². The van der Waals surface area contributed by atoms with Crippen LogP contribution in [0.4, 0.5) is 4.39 Å². The molecule has 1 amide bonds. The fourth-order valence-corrected chi connectivity index (χ4v) is 3.75. The molecule has 9 heteroatoms. The molecule has 1 aromatic carbocycles. The zero-order chi connectivity index (χ0) is 22.6. The molecule has 0 spiro atoms. The Bertz CT molecular complexity index is 984. The first-order valence-corrected chi connectivity index (χ1v) is 10.1. The summed E-state index contributed by atoms with van der Waals surface area (Å²) in [6.07, 6.45) is 1.96. The Morgan fingerprint density at radius 3 is 2.77 bits per heavy atom. The van der Waals surface area contributed by atoms with Crippen LogP contribution in [0.25, 0.3) is 0 Å². The summed E-state index contributed by atoms with van der Waals surface area (Å²) in [6, 6.07) is 7.59. The van der Waals surface area contributed by atoms with Crippen LogP contribution in [-0.2, 0) is 15.1 Å². The normalized spacial score (nSPS) is 22.6. The van der Waals surface area contributed by atoms with Gasteiger partial charge in [0.15, 0.2) is 5.96 Å². The third-order valence-electron chi connectivity index (χ3n) is 5.30. The van der Waals surface area contributed by atoms with Gasteiger partial charge in [-0.2, -0.15) is 0 Å². The monoisotopic (exact) mass is 430 g/mol. The van der Waals surface area contributed by atoms with E-state index in [1.54, 1.807) is 25.4 Å². The number of aliphatic imine (C=N–C) groups is 1. The Kier molecular flexibility index (Phi) is 6.74. The second kappa shape index (κ2) is 9.30. The SMILES string of the molecule is CC.COc1ccnc(Oc2ccc(F)c(C34COCCC3C(=O)N(C)C(N)=N4)c2)c1. The van der Waals surface area contributed by atoms with Crippen molar-refractivity contribution in [3.8, 4) is 17.4 Å². The zero-order valence-electron chi connectivity index (χ0n) is 18.1. The van der Waals surface area contributed by atoms with Crippen molar-refractivity contribution in [1.82, 2.24) is 9.88 Å². The van der Waals surface area contributed by atoms with Gasteiger partial charge in [-0.05, 0) is 30.7 Å². The standard InChI is InChI=1S/C20H21FN4O4.C2H6/c1-25-18(26)14-6-8-28-11-20(14,24-19(25)22)15-9-13(3-4-16(15)21)29-17-10-12(27-2)5-7-23-17;1-2/h3-5,7,9-10,14H,6,8,11H2,1-2H3,(H2,22,24);1-2H3. The quantitative estimate of drug-likeness (QED) is 0.800. The molecule has 2 unspecified atom stereocenters. The first-order chi connectivity index (χ1) is 14.9. The van der Waals surface area contributed by atoms with Gasteiger partial charge in [-0.3, -0.25) is 9.69 Å². The number of fused-ring (bicyclic) bond motifs is 1. The van der Waals surface area contributed by atoms with Crippen LogP contribution in [0.15, 0.2) is 41.5 Å². The third-order valence-corrected chi connectivity index (χ3v) is 5.30. The highest BCUT2D eigenvalue weighted by atomic mass is 19.1. The van der Waals surface area contributed by atoms with Crippen LogP contribution in [0.1, 0.15) is 25.8 Å². The van der Waals surface area contributed by atoms with Gasteiger partial charge in [0.05, 0.1) is 19.6 Å². The highest BCUT2D eigenvalue weighted by Crippen LogP contribution is 2.44. The van der Waals surface area contributed by atoms with Crippen molar-refractivity contribution < 1.29 is 23.4 Å². The number of aromatic nitrogens is 1. The second-order valence-corrected chi connectivity index (χ2v) is 6.96. The number of pyridine rings is 1. The highest BCUT2D eigenvalue weighted by molar-refractivity contribution is 6.00. The second-order valence-electron chi connectivity index (χ2n) is 6.96. The molecule has 1 saturated heterocycles. The molecule has 0 bridgehead atoms. The number of benzene rings is 1. The predicted molar refractivity (Wildman–Crippen MR) is 114 cm³/mol. The molecule has 0 radical (unpaired) electrons. The molecule has 2 atom stereocenters. The van der Waals surface area contributed by atoms with E-state index in [0.717, 1.165) is 0 Å². The zero-order valence-corrected chi connectivity index (χ0v) is 18.1. The van der Waals surface area contributed by atoms with Crippen molar-refractivity contribution in [3.05, 3.63) is 47.9 Å². The fraction of sp³-hybridized carbons (Fsp3) is 0.409. The van der Waals surface area contributed by atoms with Gasteiger partial charge in [0, 0.05) is 31.5 Å². The molecule has 0 saturated carbocycles. The molecular formula is C22H27FN4O4. The molecule has 2 aliphatic heterocycles.